The molecule has 0 spiro atoms. The topological polar surface area (TPSA) is 82.9 Å². The van der Waals surface area contributed by atoms with Gasteiger partial charge in [-0.05, 0) is 29.5 Å². The summed E-state index contributed by atoms with van der Waals surface area (Å²) in [6.07, 6.45) is 3.13. The number of benzene rings is 1. The van der Waals surface area contributed by atoms with Crippen LogP contribution in [0.2, 0.25) is 0 Å². The van der Waals surface area contributed by atoms with Gasteiger partial charge in [0.15, 0.2) is 0 Å². The van der Waals surface area contributed by atoms with Gasteiger partial charge in [0.05, 0.1) is 12.3 Å². The first kappa shape index (κ1) is 12.9. The number of hydrogen-bond donors (Lipinski definition) is 0. The van der Waals surface area contributed by atoms with Crippen molar-refractivity contribution in [3.63, 3.8) is 0 Å². The maximum absolute atomic E-state index is 11.4. The Balaban J connectivity index is 2.17. The summed E-state index contributed by atoms with van der Waals surface area (Å²) in [5.41, 5.74) is 10.1. The molecule has 0 amide bonds. The Bertz CT molecular complexity index is 582. The Kier molecular flexibility index (Phi) is 3.32. The standard InChI is InChI=1S/C12H15N3O2S/c1-18(16,17)9-12(6-7-12)11-4-2-10(3-5-11)8-14-15-13/h2-5H,6-9H2,1H3. The van der Waals surface area contributed by atoms with Gasteiger partial charge in [0.25, 0.3) is 0 Å². The van der Waals surface area contributed by atoms with E-state index in [0.717, 1.165) is 24.0 Å². The van der Waals surface area contributed by atoms with E-state index in [9.17, 15) is 8.42 Å². The first-order valence-corrected chi connectivity index (χ1v) is 7.79. The van der Waals surface area contributed by atoms with Crippen LogP contribution in [0.5, 0.6) is 0 Å². The minimum atomic E-state index is -2.96. The molecule has 0 bridgehead atoms. The lowest BCUT2D eigenvalue weighted by Gasteiger charge is -2.14. The molecule has 1 aliphatic carbocycles. The summed E-state index contributed by atoms with van der Waals surface area (Å²) in [4.78, 5) is 2.71. The minimum Gasteiger partial charge on any atom is -0.229 e. The van der Waals surface area contributed by atoms with E-state index < -0.39 is 9.84 Å². The van der Waals surface area contributed by atoms with Crippen LogP contribution in [0.4, 0.5) is 0 Å². The molecule has 1 aliphatic rings. The molecule has 0 atom stereocenters. The van der Waals surface area contributed by atoms with Crippen LogP contribution in [0.15, 0.2) is 29.4 Å². The first-order chi connectivity index (χ1) is 8.45. The maximum atomic E-state index is 11.4. The smallest absolute Gasteiger partial charge is 0.148 e. The maximum Gasteiger partial charge on any atom is 0.148 e. The lowest BCUT2D eigenvalue weighted by Crippen LogP contribution is -2.19. The van der Waals surface area contributed by atoms with Crippen molar-refractivity contribution in [1.29, 1.82) is 0 Å². The molecule has 0 radical (unpaired) electrons. The van der Waals surface area contributed by atoms with E-state index in [0.29, 0.717) is 6.54 Å². The summed E-state index contributed by atoms with van der Waals surface area (Å²) in [5, 5.41) is 3.49. The number of azide groups is 1. The van der Waals surface area contributed by atoms with Crippen LogP contribution < -0.4 is 0 Å². The van der Waals surface area contributed by atoms with Gasteiger partial charge in [0.1, 0.15) is 9.84 Å². The van der Waals surface area contributed by atoms with Crippen molar-refractivity contribution in [2.45, 2.75) is 24.8 Å². The first-order valence-electron chi connectivity index (χ1n) is 5.73. The Hall–Kier alpha value is -1.52. The number of hydrogen-bond acceptors (Lipinski definition) is 3. The molecule has 6 heteroatoms. The van der Waals surface area contributed by atoms with Crippen LogP contribution in [0.25, 0.3) is 10.4 Å². The molecule has 0 heterocycles. The van der Waals surface area contributed by atoms with Crippen molar-refractivity contribution in [2.75, 3.05) is 12.0 Å². The molecule has 0 aliphatic heterocycles. The van der Waals surface area contributed by atoms with E-state index in [1.807, 2.05) is 24.3 Å². The molecule has 0 unspecified atom stereocenters. The van der Waals surface area contributed by atoms with Crippen LogP contribution in [0, 0.1) is 0 Å². The van der Waals surface area contributed by atoms with Gasteiger partial charge in [-0.1, -0.05) is 29.4 Å². The second-order valence-electron chi connectivity index (χ2n) is 4.94. The van der Waals surface area contributed by atoms with Gasteiger partial charge < -0.3 is 0 Å². The highest BCUT2D eigenvalue weighted by Gasteiger charge is 2.46. The zero-order valence-electron chi connectivity index (χ0n) is 10.2. The summed E-state index contributed by atoms with van der Waals surface area (Å²) in [7, 11) is -2.96. The third-order valence-corrected chi connectivity index (χ3v) is 4.35. The van der Waals surface area contributed by atoms with Crippen LogP contribution in [0.1, 0.15) is 24.0 Å². The molecule has 0 saturated heterocycles. The van der Waals surface area contributed by atoms with E-state index in [4.69, 9.17) is 5.53 Å². The Morgan fingerprint density at radius 3 is 2.39 bits per heavy atom. The lowest BCUT2D eigenvalue weighted by atomic mass is 9.97. The molecular weight excluding hydrogens is 250 g/mol. The average Bonchev–Trinajstić information content (AvgIpc) is 3.05. The highest BCUT2D eigenvalue weighted by Crippen LogP contribution is 2.49. The molecule has 0 aromatic heterocycles. The number of sulfone groups is 1. The van der Waals surface area contributed by atoms with Gasteiger partial charge in [-0.15, -0.1) is 0 Å². The van der Waals surface area contributed by atoms with Gasteiger partial charge in [0.2, 0.25) is 0 Å². The average molecular weight is 265 g/mol. The second kappa shape index (κ2) is 4.63. The zero-order chi connectivity index (χ0) is 13.2. The molecule has 1 fully saturated rings. The highest BCUT2D eigenvalue weighted by molar-refractivity contribution is 7.90. The van der Waals surface area contributed by atoms with E-state index >= 15 is 0 Å². The number of nitrogens with zero attached hydrogens (tertiary/aromatic N) is 3. The fourth-order valence-corrected chi connectivity index (χ4v) is 3.71. The molecule has 1 aromatic carbocycles. The largest absolute Gasteiger partial charge is 0.229 e. The predicted molar refractivity (Wildman–Crippen MR) is 69.9 cm³/mol. The SMILES string of the molecule is CS(=O)(=O)CC1(c2ccc(CN=[N+]=[N-])cc2)CC1. The molecule has 5 nitrogen and oxygen atoms in total. The summed E-state index contributed by atoms with van der Waals surface area (Å²) < 4.78 is 22.8. The summed E-state index contributed by atoms with van der Waals surface area (Å²) in [5.74, 6) is 0.218. The predicted octanol–water partition coefficient (Wildman–Crippen LogP) is 2.57. The van der Waals surface area contributed by atoms with Crippen LogP contribution in [-0.4, -0.2) is 20.4 Å². The van der Waals surface area contributed by atoms with Crippen molar-refractivity contribution in [3.8, 4) is 0 Å². The number of rotatable bonds is 5. The lowest BCUT2D eigenvalue weighted by molar-refractivity contribution is 0.592. The highest BCUT2D eigenvalue weighted by atomic mass is 32.2. The third-order valence-electron chi connectivity index (χ3n) is 3.27. The zero-order valence-corrected chi connectivity index (χ0v) is 11.0. The third kappa shape index (κ3) is 3.03. The van der Waals surface area contributed by atoms with E-state index in [2.05, 4.69) is 10.0 Å². The van der Waals surface area contributed by atoms with E-state index in [-0.39, 0.29) is 11.2 Å². The fourth-order valence-electron chi connectivity index (χ4n) is 2.25. The fraction of sp³-hybridized carbons (Fsp3) is 0.500. The molecule has 18 heavy (non-hydrogen) atoms. The van der Waals surface area contributed by atoms with Gasteiger partial charge in [-0.3, -0.25) is 0 Å². The van der Waals surface area contributed by atoms with Crippen molar-refractivity contribution in [2.24, 2.45) is 5.11 Å². The van der Waals surface area contributed by atoms with Gasteiger partial charge in [-0.25, -0.2) is 8.42 Å². The van der Waals surface area contributed by atoms with Crippen LogP contribution >= 0.6 is 0 Å². The van der Waals surface area contributed by atoms with Crippen molar-refractivity contribution in [1.82, 2.24) is 0 Å². The Morgan fingerprint density at radius 2 is 1.94 bits per heavy atom. The monoisotopic (exact) mass is 265 g/mol. The normalized spacial score (nSPS) is 16.9. The van der Waals surface area contributed by atoms with Crippen LogP contribution in [0.3, 0.4) is 0 Å². The summed E-state index contributed by atoms with van der Waals surface area (Å²) in [6, 6.07) is 7.68. The van der Waals surface area contributed by atoms with Gasteiger partial charge in [0, 0.05) is 16.6 Å². The molecule has 1 aromatic rings. The molecule has 1 saturated carbocycles. The Labute approximate surface area is 106 Å². The van der Waals surface area contributed by atoms with E-state index in [1.165, 1.54) is 6.26 Å². The van der Waals surface area contributed by atoms with Crippen molar-refractivity contribution in [3.05, 3.63) is 45.8 Å². The van der Waals surface area contributed by atoms with Crippen molar-refractivity contribution >= 4 is 9.84 Å². The Morgan fingerprint density at radius 1 is 1.33 bits per heavy atom. The van der Waals surface area contributed by atoms with Gasteiger partial charge in [-0.2, -0.15) is 0 Å². The van der Waals surface area contributed by atoms with Crippen LogP contribution in [-0.2, 0) is 21.8 Å². The van der Waals surface area contributed by atoms with E-state index in [1.54, 1.807) is 0 Å². The summed E-state index contributed by atoms with van der Waals surface area (Å²) >= 11 is 0. The quantitative estimate of drug-likeness (QED) is 0.465. The molecular formula is C12H15N3O2S. The molecule has 0 N–H and O–H groups in total. The minimum absolute atomic E-state index is 0.176. The second-order valence-corrected chi connectivity index (χ2v) is 7.08. The van der Waals surface area contributed by atoms with Crippen molar-refractivity contribution < 1.29 is 8.42 Å². The molecule has 2 rings (SSSR count). The van der Waals surface area contributed by atoms with Gasteiger partial charge >= 0.3 is 0 Å². The molecule has 96 valence electrons. The summed E-state index contributed by atoms with van der Waals surface area (Å²) in [6.45, 7) is 0.329.